The van der Waals surface area contributed by atoms with Gasteiger partial charge in [-0.15, -0.1) is 0 Å². The van der Waals surface area contributed by atoms with Crippen molar-refractivity contribution in [3.63, 3.8) is 0 Å². The maximum absolute atomic E-state index is 13.1. The third kappa shape index (κ3) is 4.71. The molecular weight excluding hydrogens is 388 g/mol. The molecule has 3 aromatic rings. The Morgan fingerprint density at radius 2 is 1.87 bits per heavy atom. The van der Waals surface area contributed by atoms with Crippen molar-refractivity contribution >= 4 is 17.0 Å². The summed E-state index contributed by atoms with van der Waals surface area (Å²) >= 11 is 0. The van der Waals surface area contributed by atoms with Crippen LogP contribution in [0.5, 0.6) is 11.6 Å². The molecule has 2 aromatic carbocycles. The number of ether oxygens (including phenoxy) is 1. The molecule has 1 heterocycles. The van der Waals surface area contributed by atoms with Crippen LogP contribution in [-0.4, -0.2) is 29.5 Å². The van der Waals surface area contributed by atoms with E-state index >= 15 is 0 Å². The number of aromatic nitrogens is 1. The molecule has 1 N–H and O–H groups in total. The van der Waals surface area contributed by atoms with Crippen molar-refractivity contribution in [2.75, 3.05) is 13.7 Å². The van der Waals surface area contributed by atoms with Crippen LogP contribution in [0.15, 0.2) is 70.0 Å². The largest absolute Gasteiger partial charge is 0.497 e. The number of aliphatic imine (C=N–C) groups is 1. The lowest BCUT2D eigenvalue weighted by Gasteiger charge is -2.14. The molecule has 0 saturated carbocycles. The summed E-state index contributed by atoms with van der Waals surface area (Å²) in [5, 5.41) is 12.3. The van der Waals surface area contributed by atoms with Gasteiger partial charge in [0.05, 0.1) is 19.2 Å². The fourth-order valence-corrected chi connectivity index (χ4v) is 4.10. The van der Waals surface area contributed by atoms with Crippen molar-refractivity contribution < 1.29 is 9.84 Å². The van der Waals surface area contributed by atoms with Gasteiger partial charge in [0.25, 0.3) is 5.56 Å². The van der Waals surface area contributed by atoms with E-state index in [9.17, 15) is 9.90 Å². The van der Waals surface area contributed by atoms with E-state index in [0.29, 0.717) is 17.5 Å². The highest BCUT2D eigenvalue weighted by molar-refractivity contribution is 6.01. The fourth-order valence-electron chi connectivity index (χ4n) is 4.10. The molecule has 0 amide bonds. The molecule has 0 spiro atoms. The molecule has 5 heteroatoms. The number of allylic oxidation sites excluding steroid dienone is 1. The molecule has 1 aliphatic carbocycles. The van der Waals surface area contributed by atoms with Crippen molar-refractivity contribution in [2.24, 2.45) is 4.99 Å². The van der Waals surface area contributed by atoms with E-state index in [2.05, 4.69) is 11.1 Å². The number of rotatable bonds is 7. The van der Waals surface area contributed by atoms with Gasteiger partial charge in [-0.25, -0.2) is 0 Å². The highest BCUT2D eigenvalue weighted by Crippen LogP contribution is 2.25. The Morgan fingerprint density at radius 1 is 1.10 bits per heavy atom. The van der Waals surface area contributed by atoms with Crippen LogP contribution in [0.2, 0.25) is 0 Å². The number of fused-ring (bicyclic) bond motifs is 1. The average molecular weight is 417 g/mol. The summed E-state index contributed by atoms with van der Waals surface area (Å²) in [5.74, 6) is 0.694. The van der Waals surface area contributed by atoms with Crippen LogP contribution in [0, 0.1) is 0 Å². The number of aromatic hydroxyl groups is 1. The van der Waals surface area contributed by atoms with E-state index in [1.165, 1.54) is 29.4 Å². The second-order valence-corrected chi connectivity index (χ2v) is 7.92. The minimum absolute atomic E-state index is 0.0554. The molecule has 0 saturated heterocycles. The lowest BCUT2D eigenvalue weighted by molar-refractivity contribution is 0.412. The van der Waals surface area contributed by atoms with Gasteiger partial charge in [0, 0.05) is 23.5 Å². The summed E-state index contributed by atoms with van der Waals surface area (Å²) in [6.07, 6.45) is 9.86. The molecule has 5 nitrogen and oxygen atoms in total. The van der Waals surface area contributed by atoms with Gasteiger partial charge in [0.2, 0.25) is 5.88 Å². The van der Waals surface area contributed by atoms with Crippen LogP contribution in [0.4, 0.5) is 0 Å². The second-order valence-electron chi connectivity index (χ2n) is 7.92. The Hall–Kier alpha value is -3.34. The summed E-state index contributed by atoms with van der Waals surface area (Å²) in [6.45, 7) is 0.949. The molecule has 4 rings (SSSR count). The van der Waals surface area contributed by atoms with Crippen LogP contribution in [0.1, 0.15) is 43.2 Å². The molecule has 0 radical (unpaired) electrons. The van der Waals surface area contributed by atoms with E-state index in [1.807, 2.05) is 42.5 Å². The molecule has 160 valence electrons. The van der Waals surface area contributed by atoms with Crippen LogP contribution in [-0.2, 0) is 6.54 Å². The van der Waals surface area contributed by atoms with Gasteiger partial charge in [-0.2, -0.15) is 0 Å². The second kappa shape index (κ2) is 9.65. The quantitative estimate of drug-likeness (QED) is 0.432. The van der Waals surface area contributed by atoms with Crippen LogP contribution < -0.4 is 10.3 Å². The topological polar surface area (TPSA) is 63.8 Å². The van der Waals surface area contributed by atoms with Crippen molar-refractivity contribution in [2.45, 2.75) is 38.6 Å². The van der Waals surface area contributed by atoms with E-state index in [4.69, 9.17) is 4.74 Å². The Bertz CT molecular complexity index is 1170. The maximum Gasteiger partial charge on any atom is 0.261 e. The standard InChI is InChI=1S/C26H28N2O3/c1-31-21-13-11-20(12-14-21)18-28-25(29)23-10-6-5-9-22(23)24(26(28)30)17-27-16-15-19-7-3-2-4-8-19/h5-7,9-14,17,30H,2-4,8,15-16,18H2,1H3. The molecule has 1 aromatic heterocycles. The summed E-state index contributed by atoms with van der Waals surface area (Å²) in [4.78, 5) is 17.7. The predicted molar refractivity (Wildman–Crippen MR) is 126 cm³/mol. The summed E-state index contributed by atoms with van der Waals surface area (Å²) in [7, 11) is 1.62. The van der Waals surface area contributed by atoms with Crippen molar-refractivity contribution in [1.82, 2.24) is 4.57 Å². The molecule has 0 unspecified atom stereocenters. The summed E-state index contributed by atoms with van der Waals surface area (Å²) in [6, 6.07) is 14.9. The van der Waals surface area contributed by atoms with E-state index in [-0.39, 0.29) is 18.0 Å². The number of nitrogens with zero attached hydrogens (tertiary/aromatic N) is 2. The Kier molecular flexibility index (Phi) is 6.51. The number of pyridine rings is 1. The lowest BCUT2D eigenvalue weighted by Crippen LogP contribution is -2.22. The van der Waals surface area contributed by atoms with E-state index < -0.39 is 0 Å². The third-order valence-electron chi connectivity index (χ3n) is 5.86. The molecular formula is C26H28N2O3. The van der Waals surface area contributed by atoms with Gasteiger partial charge in [0.15, 0.2) is 0 Å². The van der Waals surface area contributed by atoms with Crippen LogP contribution in [0.3, 0.4) is 0 Å². The van der Waals surface area contributed by atoms with Gasteiger partial charge in [0.1, 0.15) is 5.75 Å². The highest BCUT2D eigenvalue weighted by Gasteiger charge is 2.15. The first-order chi connectivity index (χ1) is 15.2. The smallest absolute Gasteiger partial charge is 0.261 e. The molecule has 0 bridgehead atoms. The number of hydrogen-bond acceptors (Lipinski definition) is 4. The SMILES string of the molecule is COc1ccc(Cn2c(O)c(C=NCCC3=CCCCC3)c3ccccc3c2=O)cc1. The molecule has 1 aliphatic rings. The summed E-state index contributed by atoms with van der Waals surface area (Å²) < 4.78 is 6.61. The minimum atomic E-state index is -0.214. The Morgan fingerprint density at radius 3 is 2.58 bits per heavy atom. The maximum atomic E-state index is 13.1. The predicted octanol–water partition coefficient (Wildman–Crippen LogP) is 5.07. The molecule has 0 fully saturated rings. The average Bonchev–Trinajstić information content (AvgIpc) is 2.82. The minimum Gasteiger partial charge on any atom is -0.497 e. The zero-order chi connectivity index (χ0) is 21.6. The highest BCUT2D eigenvalue weighted by atomic mass is 16.5. The van der Waals surface area contributed by atoms with Crippen molar-refractivity contribution in [3.05, 3.63) is 81.7 Å². The lowest BCUT2D eigenvalue weighted by atomic mass is 9.97. The Labute approximate surface area is 182 Å². The van der Waals surface area contributed by atoms with Crippen molar-refractivity contribution in [3.8, 4) is 11.6 Å². The van der Waals surface area contributed by atoms with Gasteiger partial charge in [-0.3, -0.25) is 14.4 Å². The Balaban J connectivity index is 1.66. The van der Waals surface area contributed by atoms with Crippen molar-refractivity contribution in [1.29, 1.82) is 0 Å². The fraction of sp³-hybridized carbons (Fsp3) is 0.308. The number of methoxy groups -OCH3 is 1. The molecule has 0 atom stereocenters. The summed E-state index contributed by atoms with van der Waals surface area (Å²) in [5.41, 5.74) is 2.75. The van der Waals surface area contributed by atoms with E-state index in [0.717, 1.165) is 29.5 Å². The zero-order valence-electron chi connectivity index (χ0n) is 17.9. The molecule has 31 heavy (non-hydrogen) atoms. The first-order valence-electron chi connectivity index (χ1n) is 10.8. The van der Waals surface area contributed by atoms with E-state index in [1.54, 1.807) is 19.4 Å². The van der Waals surface area contributed by atoms with Crippen LogP contribution >= 0.6 is 0 Å². The van der Waals surface area contributed by atoms with Gasteiger partial charge >= 0.3 is 0 Å². The van der Waals surface area contributed by atoms with Crippen LogP contribution in [0.25, 0.3) is 10.8 Å². The first-order valence-corrected chi connectivity index (χ1v) is 10.8. The number of hydrogen-bond donors (Lipinski definition) is 1. The monoisotopic (exact) mass is 416 g/mol. The zero-order valence-corrected chi connectivity index (χ0v) is 17.9. The number of benzene rings is 2. The third-order valence-corrected chi connectivity index (χ3v) is 5.86. The first kappa shape index (κ1) is 20.9. The normalized spacial score (nSPS) is 14.2. The molecule has 0 aliphatic heterocycles. The van der Waals surface area contributed by atoms with Gasteiger partial charge in [-0.05, 0) is 55.9 Å². The van der Waals surface area contributed by atoms with Gasteiger partial charge < -0.3 is 9.84 Å². The van der Waals surface area contributed by atoms with Gasteiger partial charge in [-0.1, -0.05) is 42.0 Å².